The molecular formula is C12H24N2O3. The number of hydrogen-bond donors (Lipinski definition) is 3. The van der Waals surface area contributed by atoms with Crippen molar-refractivity contribution in [2.45, 2.75) is 52.5 Å². The Labute approximate surface area is 103 Å². The van der Waals surface area contributed by atoms with Crippen LogP contribution in [0.3, 0.4) is 0 Å². The smallest absolute Gasteiger partial charge is 0.311 e. The molecule has 5 nitrogen and oxygen atoms in total. The van der Waals surface area contributed by atoms with Crippen molar-refractivity contribution >= 4 is 11.9 Å². The number of carbonyl (C=O) groups excluding carboxylic acids is 1. The zero-order chi connectivity index (χ0) is 13.5. The van der Waals surface area contributed by atoms with Gasteiger partial charge in [-0.3, -0.25) is 9.59 Å². The number of carboxylic acid groups (broad SMARTS) is 1. The number of unbranched alkanes of at least 4 members (excludes halogenated alkanes) is 1. The maximum Gasteiger partial charge on any atom is 0.311 e. The van der Waals surface area contributed by atoms with Gasteiger partial charge in [0, 0.05) is 6.54 Å². The minimum absolute atomic E-state index is 0.123. The molecule has 0 rings (SSSR count). The lowest BCUT2D eigenvalue weighted by atomic mass is 9.87. The van der Waals surface area contributed by atoms with E-state index in [1.165, 1.54) is 0 Å². The van der Waals surface area contributed by atoms with Crippen LogP contribution in [0.5, 0.6) is 0 Å². The van der Waals surface area contributed by atoms with Gasteiger partial charge in [-0.05, 0) is 19.8 Å². The predicted octanol–water partition coefficient (Wildman–Crippen LogP) is 1.12. The number of rotatable bonds is 8. The van der Waals surface area contributed by atoms with Crippen molar-refractivity contribution in [3.8, 4) is 0 Å². The van der Waals surface area contributed by atoms with Gasteiger partial charge in [-0.2, -0.15) is 0 Å². The first-order chi connectivity index (χ1) is 7.87. The third-order valence-corrected chi connectivity index (χ3v) is 3.15. The van der Waals surface area contributed by atoms with Crippen molar-refractivity contribution in [2.24, 2.45) is 11.1 Å². The van der Waals surface area contributed by atoms with Crippen LogP contribution >= 0.6 is 0 Å². The fraction of sp³-hybridized carbons (Fsp3) is 0.833. The van der Waals surface area contributed by atoms with Crippen molar-refractivity contribution in [3.05, 3.63) is 0 Å². The van der Waals surface area contributed by atoms with Gasteiger partial charge in [0.05, 0.1) is 11.5 Å². The van der Waals surface area contributed by atoms with Gasteiger partial charge in [0.1, 0.15) is 0 Å². The van der Waals surface area contributed by atoms with Gasteiger partial charge in [-0.15, -0.1) is 0 Å². The van der Waals surface area contributed by atoms with E-state index in [2.05, 4.69) is 5.32 Å². The Kier molecular flexibility index (Phi) is 6.80. The third kappa shape index (κ3) is 5.17. The molecule has 100 valence electrons. The van der Waals surface area contributed by atoms with Crippen LogP contribution in [0.15, 0.2) is 0 Å². The van der Waals surface area contributed by atoms with E-state index in [9.17, 15) is 9.59 Å². The maximum atomic E-state index is 11.6. The largest absolute Gasteiger partial charge is 0.481 e. The van der Waals surface area contributed by atoms with Crippen LogP contribution in [0.4, 0.5) is 0 Å². The van der Waals surface area contributed by atoms with E-state index in [1.807, 2.05) is 6.92 Å². The zero-order valence-corrected chi connectivity index (χ0v) is 11.0. The molecule has 2 atom stereocenters. The predicted molar refractivity (Wildman–Crippen MR) is 66.5 cm³/mol. The second-order valence-corrected chi connectivity index (χ2v) is 4.69. The first kappa shape index (κ1) is 15.9. The molecule has 0 heterocycles. The summed E-state index contributed by atoms with van der Waals surface area (Å²) < 4.78 is 0. The van der Waals surface area contributed by atoms with Crippen LogP contribution in [0.25, 0.3) is 0 Å². The summed E-state index contributed by atoms with van der Waals surface area (Å²) in [7, 11) is 0. The topological polar surface area (TPSA) is 92.4 Å². The van der Waals surface area contributed by atoms with Gasteiger partial charge in [0.25, 0.3) is 0 Å². The number of amides is 1. The first-order valence-corrected chi connectivity index (χ1v) is 6.14. The minimum atomic E-state index is -0.917. The molecule has 4 N–H and O–H groups in total. The van der Waals surface area contributed by atoms with Crippen LogP contribution in [-0.4, -0.2) is 29.6 Å². The quantitative estimate of drug-likeness (QED) is 0.596. The van der Waals surface area contributed by atoms with Crippen LogP contribution in [0.2, 0.25) is 0 Å². The van der Waals surface area contributed by atoms with E-state index in [-0.39, 0.29) is 12.5 Å². The molecule has 0 aliphatic carbocycles. The lowest BCUT2D eigenvalue weighted by Crippen LogP contribution is -2.46. The summed E-state index contributed by atoms with van der Waals surface area (Å²) in [6.07, 6.45) is 2.99. The highest BCUT2D eigenvalue weighted by molar-refractivity contribution is 5.82. The Bertz CT molecular complexity index is 268. The average Bonchev–Trinajstić information content (AvgIpc) is 2.31. The summed E-state index contributed by atoms with van der Waals surface area (Å²) in [5.41, 5.74) is 4.77. The third-order valence-electron chi connectivity index (χ3n) is 3.15. The van der Waals surface area contributed by atoms with Crippen molar-refractivity contribution in [1.29, 1.82) is 0 Å². The molecule has 0 spiro atoms. The molecular weight excluding hydrogens is 220 g/mol. The van der Waals surface area contributed by atoms with Crippen molar-refractivity contribution < 1.29 is 14.7 Å². The van der Waals surface area contributed by atoms with E-state index in [1.54, 1.807) is 13.8 Å². The van der Waals surface area contributed by atoms with Gasteiger partial charge in [0.2, 0.25) is 5.91 Å². The summed E-state index contributed by atoms with van der Waals surface area (Å²) in [6, 6.07) is -0.537. The van der Waals surface area contributed by atoms with Crippen LogP contribution < -0.4 is 11.1 Å². The molecule has 0 aliphatic rings. The number of nitrogens with one attached hydrogen (secondary N) is 1. The van der Waals surface area contributed by atoms with E-state index in [4.69, 9.17) is 10.8 Å². The van der Waals surface area contributed by atoms with E-state index < -0.39 is 17.4 Å². The summed E-state index contributed by atoms with van der Waals surface area (Å²) >= 11 is 0. The van der Waals surface area contributed by atoms with Gasteiger partial charge >= 0.3 is 5.97 Å². The Hall–Kier alpha value is -1.10. The molecule has 0 fully saturated rings. The maximum absolute atomic E-state index is 11.6. The standard InChI is InChI=1S/C12H24N2O3/c1-4-6-7-9(13)10(15)14-8-12(3,5-2)11(16)17/h9H,4-8,13H2,1-3H3,(H,14,15)(H,16,17). The van der Waals surface area contributed by atoms with Crippen molar-refractivity contribution in [3.63, 3.8) is 0 Å². The molecule has 2 unspecified atom stereocenters. The lowest BCUT2D eigenvalue weighted by molar-refractivity contribution is -0.148. The highest BCUT2D eigenvalue weighted by Gasteiger charge is 2.31. The van der Waals surface area contributed by atoms with Gasteiger partial charge in [-0.1, -0.05) is 26.7 Å². The Balaban J connectivity index is 4.18. The molecule has 0 aromatic rings. The summed E-state index contributed by atoms with van der Waals surface area (Å²) in [5.74, 6) is -1.16. The number of hydrogen-bond acceptors (Lipinski definition) is 3. The molecule has 0 bridgehead atoms. The second-order valence-electron chi connectivity index (χ2n) is 4.69. The molecule has 5 heteroatoms. The second kappa shape index (κ2) is 7.27. The highest BCUT2D eigenvalue weighted by Crippen LogP contribution is 2.19. The Morgan fingerprint density at radius 3 is 2.41 bits per heavy atom. The average molecular weight is 244 g/mol. The van der Waals surface area contributed by atoms with Gasteiger partial charge in [-0.25, -0.2) is 0 Å². The number of carbonyl (C=O) groups is 2. The minimum Gasteiger partial charge on any atom is -0.481 e. The highest BCUT2D eigenvalue weighted by atomic mass is 16.4. The van der Waals surface area contributed by atoms with Crippen LogP contribution in [0.1, 0.15) is 46.5 Å². The number of aliphatic carboxylic acids is 1. The fourth-order valence-corrected chi connectivity index (χ4v) is 1.32. The summed E-state index contributed by atoms with van der Waals surface area (Å²) in [4.78, 5) is 22.6. The van der Waals surface area contributed by atoms with Crippen molar-refractivity contribution in [1.82, 2.24) is 5.32 Å². The van der Waals surface area contributed by atoms with E-state index in [0.29, 0.717) is 12.8 Å². The van der Waals surface area contributed by atoms with Crippen molar-refractivity contribution in [2.75, 3.05) is 6.54 Å². The molecule has 0 radical (unpaired) electrons. The van der Waals surface area contributed by atoms with E-state index in [0.717, 1.165) is 12.8 Å². The Morgan fingerprint density at radius 2 is 2.00 bits per heavy atom. The lowest BCUT2D eigenvalue weighted by Gasteiger charge is -2.24. The Morgan fingerprint density at radius 1 is 1.41 bits per heavy atom. The SMILES string of the molecule is CCCCC(N)C(=O)NCC(C)(CC)C(=O)O. The molecule has 0 aromatic carbocycles. The number of nitrogens with two attached hydrogens (primary N) is 1. The zero-order valence-electron chi connectivity index (χ0n) is 11.0. The summed E-state index contributed by atoms with van der Waals surface area (Å²) in [5, 5.41) is 11.7. The van der Waals surface area contributed by atoms with E-state index >= 15 is 0 Å². The number of carboxylic acids is 1. The van der Waals surface area contributed by atoms with Gasteiger partial charge < -0.3 is 16.2 Å². The molecule has 0 saturated carbocycles. The summed E-state index contributed by atoms with van der Waals surface area (Å²) in [6.45, 7) is 5.56. The van der Waals surface area contributed by atoms with Crippen LogP contribution in [0, 0.1) is 5.41 Å². The molecule has 0 saturated heterocycles. The molecule has 1 amide bonds. The van der Waals surface area contributed by atoms with Crippen LogP contribution in [-0.2, 0) is 9.59 Å². The normalized spacial score (nSPS) is 16.0. The monoisotopic (exact) mass is 244 g/mol. The fourth-order valence-electron chi connectivity index (χ4n) is 1.32. The molecule has 17 heavy (non-hydrogen) atoms. The molecule has 0 aromatic heterocycles. The molecule has 0 aliphatic heterocycles. The van der Waals surface area contributed by atoms with Gasteiger partial charge in [0.15, 0.2) is 0 Å². The first-order valence-electron chi connectivity index (χ1n) is 6.14.